The van der Waals surface area contributed by atoms with Crippen molar-refractivity contribution < 1.29 is 14.2 Å². The Morgan fingerprint density at radius 2 is 1.86 bits per heavy atom. The number of aromatic nitrogens is 2. The SMILES string of the molecule is N=C(c1c(N)ncnc1NC1CCOCC1)C1C=CC(Oc2cccc(OCc3ccccc3)c2)=CC1. The molecule has 37 heavy (non-hydrogen) atoms. The number of nitrogens with one attached hydrogen (secondary N) is 2. The third kappa shape index (κ3) is 6.34. The van der Waals surface area contributed by atoms with Gasteiger partial charge in [0.25, 0.3) is 0 Å². The van der Waals surface area contributed by atoms with Gasteiger partial charge >= 0.3 is 0 Å². The van der Waals surface area contributed by atoms with Crippen LogP contribution in [0, 0.1) is 11.3 Å². The first kappa shape index (κ1) is 24.5. The standard InChI is InChI=1S/C29H31N5O3/c30-27(26-28(31)32-19-33-29(26)34-22-13-15-35-16-14-22)21-9-11-23(12-10-21)37-25-8-4-7-24(17-25)36-18-20-5-2-1-3-6-20/h1-9,11-12,17,19,21-22,30H,10,13-16,18H2,(H3,31,32,33,34). The first-order chi connectivity index (χ1) is 18.2. The number of rotatable bonds is 9. The molecule has 1 aromatic heterocycles. The van der Waals surface area contributed by atoms with Gasteiger partial charge in [-0.05, 0) is 49.1 Å². The summed E-state index contributed by atoms with van der Waals surface area (Å²) in [6.45, 7) is 1.92. The Bertz CT molecular complexity index is 1290. The zero-order valence-electron chi connectivity index (χ0n) is 20.6. The predicted molar refractivity (Wildman–Crippen MR) is 144 cm³/mol. The minimum absolute atomic E-state index is 0.156. The van der Waals surface area contributed by atoms with Gasteiger partial charge in [-0.2, -0.15) is 0 Å². The second kappa shape index (κ2) is 11.7. The summed E-state index contributed by atoms with van der Waals surface area (Å²) in [5.41, 5.74) is 8.26. The minimum Gasteiger partial charge on any atom is -0.489 e. The second-order valence-electron chi connectivity index (χ2n) is 9.09. The lowest BCUT2D eigenvalue weighted by Crippen LogP contribution is -2.30. The summed E-state index contributed by atoms with van der Waals surface area (Å²) in [5.74, 6) is 2.92. The van der Waals surface area contributed by atoms with Gasteiger partial charge in [-0.1, -0.05) is 42.5 Å². The molecule has 190 valence electrons. The summed E-state index contributed by atoms with van der Waals surface area (Å²) in [7, 11) is 0. The summed E-state index contributed by atoms with van der Waals surface area (Å²) in [6.07, 6.45) is 9.68. The average Bonchev–Trinajstić information content (AvgIpc) is 2.94. The molecule has 8 heteroatoms. The van der Waals surface area contributed by atoms with E-state index in [0.29, 0.717) is 54.9 Å². The van der Waals surface area contributed by atoms with Crippen LogP contribution in [0.4, 0.5) is 11.6 Å². The molecule has 4 N–H and O–H groups in total. The number of nitrogens with zero attached hydrogens (tertiary/aromatic N) is 2. The monoisotopic (exact) mass is 497 g/mol. The number of nitrogens with two attached hydrogens (primary N) is 1. The van der Waals surface area contributed by atoms with E-state index in [2.05, 4.69) is 15.3 Å². The number of benzene rings is 2. The molecule has 1 aliphatic carbocycles. The first-order valence-corrected chi connectivity index (χ1v) is 12.5. The first-order valence-electron chi connectivity index (χ1n) is 12.5. The highest BCUT2D eigenvalue weighted by molar-refractivity contribution is 6.08. The summed E-state index contributed by atoms with van der Waals surface area (Å²) < 4.78 is 17.4. The van der Waals surface area contributed by atoms with Crippen LogP contribution in [0.3, 0.4) is 0 Å². The number of hydrogen-bond acceptors (Lipinski definition) is 8. The van der Waals surface area contributed by atoms with E-state index in [4.69, 9.17) is 25.4 Å². The van der Waals surface area contributed by atoms with Crippen molar-refractivity contribution in [1.82, 2.24) is 9.97 Å². The molecule has 5 rings (SSSR count). The maximum absolute atomic E-state index is 8.89. The summed E-state index contributed by atoms with van der Waals surface area (Å²) in [4.78, 5) is 8.55. The van der Waals surface area contributed by atoms with E-state index in [1.165, 1.54) is 6.33 Å². The van der Waals surface area contributed by atoms with Crippen LogP contribution in [0.2, 0.25) is 0 Å². The van der Waals surface area contributed by atoms with Crippen molar-refractivity contribution in [3.05, 3.63) is 96.0 Å². The molecule has 1 aliphatic heterocycles. The van der Waals surface area contributed by atoms with Crippen molar-refractivity contribution in [2.24, 2.45) is 5.92 Å². The predicted octanol–water partition coefficient (Wildman–Crippen LogP) is 5.14. The Morgan fingerprint density at radius 1 is 1.05 bits per heavy atom. The molecule has 1 saturated heterocycles. The Morgan fingerprint density at radius 3 is 2.65 bits per heavy atom. The number of hydrogen-bond donors (Lipinski definition) is 3. The third-order valence-electron chi connectivity index (χ3n) is 6.43. The Hall–Kier alpha value is -4.17. The fourth-order valence-corrected chi connectivity index (χ4v) is 4.39. The summed E-state index contributed by atoms with van der Waals surface area (Å²) in [6, 6.07) is 17.9. The quantitative estimate of drug-likeness (QED) is 0.351. The lowest BCUT2D eigenvalue weighted by molar-refractivity contribution is 0.0904. The van der Waals surface area contributed by atoms with Crippen LogP contribution in [-0.2, 0) is 11.3 Å². The minimum atomic E-state index is -0.156. The van der Waals surface area contributed by atoms with Crippen LogP contribution in [0.15, 0.2) is 84.9 Å². The summed E-state index contributed by atoms with van der Waals surface area (Å²) in [5, 5.41) is 12.3. The van der Waals surface area contributed by atoms with Gasteiger partial charge in [-0.3, -0.25) is 0 Å². The molecule has 3 aromatic rings. The van der Waals surface area contributed by atoms with Crippen LogP contribution in [0.5, 0.6) is 11.5 Å². The molecule has 2 heterocycles. The smallest absolute Gasteiger partial charge is 0.140 e. The van der Waals surface area contributed by atoms with Gasteiger partial charge in [0.1, 0.15) is 41.8 Å². The van der Waals surface area contributed by atoms with Crippen LogP contribution in [0.25, 0.3) is 0 Å². The van der Waals surface area contributed by atoms with Crippen molar-refractivity contribution in [3.8, 4) is 11.5 Å². The zero-order valence-corrected chi connectivity index (χ0v) is 20.6. The Labute approximate surface area is 216 Å². The molecule has 0 spiro atoms. The van der Waals surface area contributed by atoms with Crippen molar-refractivity contribution >= 4 is 17.3 Å². The molecule has 0 radical (unpaired) electrons. The number of anilines is 2. The lowest BCUT2D eigenvalue weighted by atomic mass is 9.90. The Kier molecular flexibility index (Phi) is 7.76. The van der Waals surface area contributed by atoms with Crippen molar-refractivity contribution in [2.75, 3.05) is 24.3 Å². The van der Waals surface area contributed by atoms with Crippen molar-refractivity contribution in [1.29, 1.82) is 5.41 Å². The van der Waals surface area contributed by atoms with E-state index in [1.54, 1.807) is 0 Å². The van der Waals surface area contributed by atoms with Gasteiger partial charge < -0.3 is 30.7 Å². The van der Waals surface area contributed by atoms with E-state index >= 15 is 0 Å². The second-order valence-corrected chi connectivity index (χ2v) is 9.09. The van der Waals surface area contributed by atoms with Crippen LogP contribution < -0.4 is 20.5 Å². The molecule has 2 aliphatic rings. The number of ether oxygens (including phenoxy) is 3. The normalized spacial score (nSPS) is 17.6. The highest BCUT2D eigenvalue weighted by Gasteiger charge is 2.24. The zero-order chi connectivity index (χ0) is 25.5. The fourth-order valence-electron chi connectivity index (χ4n) is 4.39. The lowest BCUT2D eigenvalue weighted by Gasteiger charge is -2.26. The number of allylic oxidation sites excluding steroid dienone is 3. The molecule has 0 amide bonds. The van der Waals surface area contributed by atoms with Crippen LogP contribution >= 0.6 is 0 Å². The highest BCUT2D eigenvalue weighted by Crippen LogP contribution is 2.29. The molecule has 0 saturated carbocycles. The molecule has 1 atom stereocenters. The molecular formula is C29H31N5O3. The summed E-state index contributed by atoms with van der Waals surface area (Å²) >= 11 is 0. The fraction of sp³-hybridized carbons (Fsp3) is 0.276. The van der Waals surface area contributed by atoms with Crippen molar-refractivity contribution in [3.63, 3.8) is 0 Å². The van der Waals surface area contributed by atoms with E-state index in [9.17, 15) is 0 Å². The van der Waals surface area contributed by atoms with Gasteiger partial charge in [0.05, 0.1) is 11.3 Å². The van der Waals surface area contributed by atoms with Gasteiger partial charge in [0.15, 0.2) is 0 Å². The van der Waals surface area contributed by atoms with E-state index in [0.717, 1.165) is 29.9 Å². The maximum atomic E-state index is 8.89. The Balaban J connectivity index is 1.21. The molecule has 1 fully saturated rings. The van der Waals surface area contributed by atoms with E-state index in [-0.39, 0.29) is 12.0 Å². The average molecular weight is 498 g/mol. The van der Waals surface area contributed by atoms with Crippen LogP contribution in [-0.4, -0.2) is 34.9 Å². The highest BCUT2D eigenvalue weighted by atomic mass is 16.5. The van der Waals surface area contributed by atoms with Gasteiger partial charge in [0, 0.05) is 31.2 Å². The van der Waals surface area contributed by atoms with Gasteiger partial charge in [-0.15, -0.1) is 0 Å². The molecule has 2 aromatic carbocycles. The van der Waals surface area contributed by atoms with E-state index in [1.807, 2.05) is 72.8 Å². The maximum Gasteiger partial charge on any atom is 0.140 e. The molecule has 1 unspecified atom stereocenters. The van der Waals surface area contributed by atoms with Gasteiger partial charge in [-0.25, -0.2) is 9.97 Å². The topological polar surface area (TPSA) is 115 Å². The molecule has 8 nitrogen and oxygen atoms in total. The van der Waals surface area contributed by atoms with E-state index < -0.39 is 0 Å². The van der Waals surface area contributed by atoms with Crippen LogP contribution in [0.1, 0.15) is 30.4 Å². The number of nitrogen functional groups attached to an aromatic ring is 1. The third-order valence-corrected chi connectivity index (χ3v) is 6.43. The largest absolute Gasteiger partial charge is 0.489 e. The van der Waals surface area contributed by atoms with Gasteiger partial charge in [0.2, 0.25) is 0 Å². The van der Waals surface area contributed by atoms with Crippen molar-refractivity contribution in [2.45, 2.75) is 31.9 Å². The molecular weight excluding hydrogens is 466 g/mol. The molecule has 0 bridgehead atoms.